The lowest BCUT2D eigenvalue weighted by molar-refractivity contribution is -0.140. The molecule has 0 radical (unpaired) electrons. The summed E-state index contributed by atoms with van der Waals surface area (Å²) >= 11 is 12.4. The van der Waals surface area contributed by atoms with Crippen molar-refractivity contribution in [3.63, 3.8) is 0 Å². The maximum absolute atomic E-state index is 13.9. The van der Waals surface area contributed by atoms with Crippen LogP contribution in [0.5, 0.6) is 0 Å². The zero-order chi connectivity index (χ0) is 22.0. The number of aryl methyl sites for hydroxylation is 2. The van der Waals surface area contributed by atoms with Crippen molar-refractivity contribution >= 4 is 34.9 Å². The van der Waals surface area contributed by atoms with Crippen molar-refractivity contribution in [3.8, 4) is 11.5 Å². The van der Waals surface area contributed by atoms with Crippen molar-refractivity contribution in [1.29, 1.82) is 0 Å². The Labute approximate surface area is 187 Å². The highest BCUT2D eigenvalue weighted by Crippen LogP contribution is 2.33. The van der Waals surface area contributed by atoms with Crippen LogP contribution >= 0.6 is 23.2 Å². The molecular formula is C20H18Cl2FN5O3. The summed E-state index contributed by atoms with van der Waals surface area (Å²) in [5, 5.41) is 12.9. The van der Waals surface area contributed by atoms with Gasteiger partial charge in [0.15, 0.2) is 0 Å². The molecular weight excluding hydrogens is 448 g/mol. The molecule has 0 fully saturated rings. The van der Waals surface area contributed by atoms with Gasteiger partial charge in [-0.05, 0) is 31.0 Å². The maximum Gasteiger partial charge on any atom is 0.306 e. The summed E-state index contributed by atoms with van der Waals surface area (Å²) in [5.41, 5.74) is 2.58. The van der Waals surface area contributed by atoms with Crippen LogP contribution in [0.3, 0.4) is 0 Å². The first-order valence-corrected chi connectivity index (χ1v) is 10.4. The number of halogens is 3. The molecule has 2 aromatic heterocycles. The monoisotopic (exact) mass is 465 g/mol. The minimum absolute atomic E-state index is 0.00952. The van der Waals surface area contributed by atoms with Crippen molar-refractivity contribution in [1.82, 2.24) is 20.3 Å². The quantitative estimate of drug-likeness (QED) is 0.397. The minimum atomic E-state index is -0.516. The van der Waals surface area contributed by atoms with Gasteiger partial charge in [-0.3, -0.25) is 4.79 Å². The van der Waals surface area contributed by atoms with E-state index in [-0.39, 0.29) is 29.7 Å². The second kappa shape index (κ2) is 9.15. The molecule has 31 heavy (non-hydrogen) atoms. The molecule has 0 bridgehead atoms. The Morgan fingerprint density at radius 2 is 2.16 bits per heavy atom. The summed E-state index contributed by atoms with van der Waals surface area (Å²) in [4.78, 5) is 17.6. The summed E-state index contributed by atoms with van der Waals surface area (Å²) < 4.78 is 23.8. The lowest BCUT2D eigenvalue weighted by Crippen LogP contribution is -2.30. The number of methoxy groups -OCH3 is 1. The summed E-state index contributed by atoms with van der Waals surface area (Å²) in [7, 11) is 1.32. The molecule has 8 nitrogen and oxygen atoms in total. The van der Waals surface area contributed by atoms with Gasteiger partial charge in [0.2, 0.25) is 11.7 Å². The molecule has 0 atom stereocenters. The predicted octanol–water partition coefficient (Wildman–Crippen LogP) is 4.03. The number of ether oxygens (including phenoxy) is 1. The first-order chi connectivity index (χ1) is 15.0. The summed E-state index contributed by atoms with van der Waals surface area (Å²) in [6.45, 7) is 1.04. The zero-order valence-electron chi connectivity index (χ0n) is 16.6. The fourth-order valence-corrected chi connectivity index (χ4v) is 3.86. The molecule has 1 aliphatic heterocycles. The van der Waals surface area contributed by atoms with Crippen LogP contribution in [0.25, 0.3) is 11.5 Å². The molecule has 0 N–H and O–H groups in total. The highest BCUT2D eigenvalue weighted by molar-refractivity contribution is 6.36. The molecule has 11 heteroatoms. The highest BCUT2D eigenvalue weighted by atomic mass is 35.5. The number of esters is 1. The number of benzene rings is 1. The number of fused-ring (bicyclic) bond motifs is 1. The molecule has 3 heterocycles. The van der Waals surface area contributed by atoms with Crippen molar-refractivity contribution in [2.75, 3.05) is 18.6 Å². The van der Waals surface area contributed by atoms with Crippen LogP contribution in [0.2, 0.25) is 10.0 Å². The van der Waals surface area contributed by atoms with Gasteiger partial charge in [-0.15, -0.1) is 5.10 Å². The van der Waals surface area contributed by atoms with E-state index in [1.54, 1.807) is 0 Å². The molecule has 1 aliphatic rings. The van der Waals surface area contributed by atoms with Gasteiger partial charge in [0.1, 0.15) is 11.5 Å². The van der Waals surface area contributed by atoms with E-state index in [0.29, 0.717) is 28.7 Å². The number of aromatic nitrogens is 4. The van der Waals surface area contributed by atoms with Crippen LogP contribution in [0.1, 0.15) is 30.0 Å². The number of carbonyl (C=O) groups excluding carboxylic acids is 1. The standard InChI is InChI=1S/C20H18Cl2FN5O3/c1-30-18(29)7-6-17-24-20(27-31-17)15-9-16-14(25-26-15)3-2-8-28(16)10-11-12(21)4-5-13(23)19(11)22/h4-5,9H,2-3,6-8,10H2,1H3. The molecule has 0 saturated carbocycles. The van der Waals surface area contributed by atoms with E-state index in [4.69, 9.17) is 27.7 Å². The Balaban J connectivity index is 1.60. The van der Waals surface area contributed by atoms with Crippen LogP contribution in [0.4, 0.5) is 10.1 Å². The largest absolute Gasteiger partial charge is 0.469 e. The van der Waals surface area contributed by atoms with Crippen molar-refractivity contribution in [2.45, 2.75) is 32.2 Å². The van der Waals surface area contributed by atoms with Crippen LogP contribution in [-0.4, -0.2) is 40.0 Å². The van der Waals surface area contributed by atoms with E-state index < -0.39 is 5.82 Å². The number of nitrogens with zero attached hydrogens (tertiary/aromatic N) is 5. The van der Waals surface area contributed by atoms with Gasteiger partial charge in [-0.1, -0.05) is 28.4 Å². The molecule has 0 spiro atoms. The second-order valence-corrected chi connectivity index (χ2v) is 7.78. The predicted molar refractivity (Wildman–Crippen MR) is 111 cm³/mol. The van der Waals surface area contributed by atoms with Crippen molar-refractivity contribution in [3.05, 3.63) is 51.2 Å². The third-order valence-corrected chi connectivity index (χ3v) is 5.75. The lowest BCUT2D eigenvalue weighted by atomic mass is 10.1. The van der Waals surface area contributed by atoms with E-state index in [1.165, 1.54) is 19.2 Å². The minimum Gasteiger partial charge on any atom is -0.469 e. The van der Waals surface area contributed by atoms with Gasteiger partial charge in [-0.2, -0.15) is 10.1 Å². The topological polar surface area (TPSA) is 94.2 Å². The highest BCUT2D eigenvalue weighted by Gasteiger charge is 2.23. The third kappa shape index (κ3) is 4.62. The molecule has 0 aliphatic carbocycles. The van der Waals surface area contributed by atoms with Crippen molar-refractivity contribution < 1.29 is 18.4 Å². The average Bonchev–Trinajstić information content (AvgIpc) is 3.26. The molecule has 0 unspecified atom stereocenters. The zero-order valence-corrected chi connectivity index (χ0v) is 18.1. The first kappa shape index (κ1) is 21.5. The normalized spacial score (nSPS) is 13.2. The summed E-state index contributed by atoms with van der Waals surface area (Å²) in [6.07, 6.45) is 2.03. The van der Waals surface area contributed by atoms with Crippen LogP contribution in [0.15, 0.2) is 22.7 Å². The number of hydrogen-bond acceptors (Lipinski definition) is 8. The SMILES string of the molecule is COC(=O)CCc1nc(-c2cc3c(nn2)CCCN3Cc2c(Cl)ccc(F)c2Cl)no1. The second-order valence-electron chi connectivity index (χ2n) is 7.00. The Kier molecular flexibility index (Phi) is 6.33. The lowest BCUT2D eigenvalue weighted by Gasteiger charge is -2.31. The van der Waals surface area contributed by atoms with E-state index in [0.717, 1.165) is 30.8 Å². The van der Waals surface area contributed by atoms with E-state index >= 15 is 0 Å². The van der Waals surface area contributed by atoms with Crippen molar-refractivity contribution in [2.24, 2.45) is 0 Å². The van der Waals surface area contributed by atoms with E-state index in [2.05, 4.69) is 25.1 Å². The molecule has 1 aromatic carbocycles. The molecule has 4 rings (SSSR count). The molecule has 0 saturated heterocycles. The fraction of sp³-hybridized carbons (Fsp3) is 0.350. The number of anilines is 1. The van der Waals surface area contributed by atoms with Gasteiger partial charge in [-0.25, -0.2) is 4.39 Å². The van der Waals surface area contributed by atoms with Gasteiger partial charge >= 0.3 is 5.97 Å². The molecule has 162 valence electrons. The summed E-state index contributed by atoms with van der Waals surface area (Å²) in [5.74, 6) is -0.311. The fourth-order valence-electron chi connectivity index (χ4n) is 3.37. The Bertz CT molecular complexity index is 1120. The first-order valence-electron chi connectivity index (χ1n) is 9.60. The van der Waals surface area contributed by atoms with Crippen LogP contribution < -0.4 is 4.90 Å². The summed E-state index contributed by atoms with van der Waals surface area (Å²) in [6, 6.07) is 4.56. The number of rotatable bonds is 6. The van der Waals surface area contributed by atoms with Gasteiger partial charge < -0.3 is 14.2 Å². The third-order valence-electron chi connectivity index (χ3n) is 4.99. The molecule has 3 aromatic rings. The van der Waals surface area contributed by atoms with Crippen LogP contribution in [0, 0.1) is 5.82 Å². The van der Waals surface area contributed by atoms with Crippen LogP contribution in [-0.2, 0) is 28.9 Å². The number of hydrogen-bond donors (Lipinski definition) is 0. The van der Waals surface area contributed by atoms with Gasteiger partial charge in [0.25, 0.3) is 0 Å². The van der Waals surface area contributed by atoms with Gasteiger partial charge in [0.05, 0.1) is 29.9 Å². The average molecular weight is 466 g/mol. The number of carbonyl (C=O) groups is 1. The molecule has 0 amide bonds. The van der Waals surface area contributed by atoms with Gasteiger partial charge in [0, 0.05) is 30.1 Å². The Morgan fingerprint density at radius 1 is 1.32 bits per heavy atom. The van der Waals surface area contributed by atoms with E-state index in [9.17, 15) is 9.18 Å². The smallest absolute Gasteiger partial charge is 0.306 e. The Hall–Kier alpha value is -2.78. The Morgan fingerprint density at radius 3 is 2.97 bits per heavy atom. The van der Waals surface area contributed by atoms with E-state index in [1.807, 2.05) is 11.0 Å². The maximum atomic E-state index is 13.9.